The molecule has 0 spiro atoms. The third kappa shape index (κ3) is 4.79. The number of hydrogen-bond donors (Lipinski definition) is 3. The monoisotopic (exact) mass is 358 g/mol. The number of benzene rings is 1. The maximum atomic E-state index is 12.9. The van der Waals surface area contributed by atoms with Crippen molar-refractivity contribution in [2.24, 2.45) is 17.8 Å². The second-order valence-electron chi connectivity index (χ2n) is 8.81. The van der Waals surface area contributed by atoms with Crippen molar-refractivity contribution in [1.29, 1.82) is 0 Å². The van der Waals surface area contributed by atoms with Gasteiger partial charge in [0.2, 0.25) is 5.91 Å². The van der Waals surface area contributed by atoms with Gasteiger partial charge in [0.15, 0.2) is 0 Å². The van der Waals surface area contributed by atoms with Gasteiger partial charge in [0, 0.05) is 12.6 Å². The van der Waals surface area contributed by atoms with Gasteiger partial charge in [-0.3, -0.25) is 4.79 Å². The van der Waals surface area contributed by atoms with Crippen molar-refractivity contribution in [1.82, 2.24) is 10.6 Å². The first kappa shape index (κ1) is 19.2. The van der Waals surface area contributed by atoms with Gasteiger partial charge in [-0.15, -0.1) is 0 Å². The molecule has 4 nitrogen and oxygen atoms in total. The van der Waals surface area contributed by atoms with Crippen LogP contribution in [0.25, 0.3) is 0 Å². The second-order valence-corrected chi connectivity index (χ2v) is 8.81. The molecule has 144 valence electrons. The van der Waals surface area contributed by atoms with Crippen LogP contribution in [0.1, 0.15) is 64.0 Å². The maximum Gasteiger partial charge on any atom is 0.237 e. The minimum absolute atomic E-state index is 0.117. The van der Waals surface area contributed by atoms with Gasteiger partial charge in [-0.25, -0.2) is 0 Å². The number of amides is 1. The highest BCUT2D eigenvalue weighted by atomic mass is 16.3. The van der Waals surface area contributed by atoms with E-state index in [0.29, 0.717) is 18.9 Å². The Hall–Kier alpha value is -1.55. The fourth-order valence-electron chi connectivity index (χ4n) is 4.39. The second kappa shape index (κ2) is 8.43. The Labute approximate surface area is 157 Å². The molecule has 3 rings (SSSR count). The number of hydrogen-bond acceptors (Lipinski definition) is 3. The van der Waals surface area contributed by atoms with Crippen LogP contribution < -0.4 is 10.6 Å². The first-order valence-corrected chi connectivity index (χ1v) is 10.3. The number of carbonyl (C=O) groups is 1. The summed E-state index contributed by atoms with van der Waals surface area (Å²) in [6.07, 6.45) is 7.06. The third-order valence-corrected chi connectivity index (χ3v) is 6.32. The molecule has 1 fully saturated rings. The van der Waals surface area contributed by atoms with Crippen LogP contribution in [-0.2, 0) is 17.8 Å². The van der Waals surface area contributed by atoms with Crippen LogP contribution >= 0.6 is 0 Å². The lowest BCUT2D eigenvalue weighted by Crippen LogP contribution is -2.52. The van der Waals surface area contributed by atoms with Crippen molar-refractivity contribution in [3.05, 3.63) is 29.3 Å². The van der Waals surface area contributed by atoms with Crippen molar-refractivity contribution in [2.45, 2.75) is 77.9 Å². The molecule has 1 aromatic carbocycles. The fourth-order valence-corrected chi connectivity index (χ4v) is 4.39. The Bertz CT molecular complexity index is 621. The lowest BCUT2D eigenvalue weighted by Gasteiger charge is -2.33. The molecule has 0 saturated heterocycles. The van der Waals surface area contributed by atoms with Crippen LogP contribution in [0.3, 0.4) is 0 Å². The summed E-state index contributed by atoms with van der Waals surface area (Å²) in [5.74, 6) is 2.47. The molecule has 1 heterocycles. The van der Waals surface area contributed by atoms with E-state index in [4.69, 9.17) is 0 Å². The summed E-state index contributed by atoms with van der Waals surface area (Å²) in [5.41, 5.74) is 2.25. The van der Waals surface area contributed by atoms with E-state index in [1.165, 1.54) is 25.7 Å². The summed E-state index contributed by atoms with van der Waals surface area (Å²) in [6.45, 7) is 7.41. The van der Waals surface area contributed by atoms with E-state index in [9.17, 15) is 9.90 Å². The highest BCUT2D eigenvalue weighted by molar-refractivity contribution is 5.82. The predicted octanol–water partition coefficient (Wildman–Crippen LogP) is 3.76. The number of phenols is 1. The summed E-state index contributed by atoms with van der Waals surface area (Å²) in [5, 5.41) is 16.3. The number of rotatable bonds is 5. The standard InChI is InChI=1S/C22H34N2O2/c1-14(2)20(10-16-6-4-15(3)5-7-16)24-22(26)21-12-17-8-9-19(25)11-18(17)13-23-21/h8-9,11,14-16,20-21,23,25H,4-7,10,12-13H2,1-3H3,(H,24,26)/t15?,16?,20?,21-/m1/s1. The van der Waals surface area contributed by atoms with E-state index in [1.807, 2.05) is 6.07 Å². The number of aromatic hydroxyl groups is 1. The van der Waals surface area contributed by atoms with Gasteiger partial charge in [0.1, 0.15) is 5.75 Å². The first-order chi connectivity index (χ1) is 12.4. The first-order valence-electron chi connectivity index (χ1n) is 10.3. The van der Waals surface area contributed by atoms with Crippen molar-refractivity contribution in [3.63, 3.8) is 0 Å². The SMILES string of the molecule is CC1CCC(CC(NC(=O)[C@H]2Cc3ccc(O)cc3CN2)C(C)C)CC1. The van der Waals surface area contributed by atoms with Gasteiger partial charge in [-0.05, 0) is 53.9 Å². The highest BCUT2D eigenvalue weighted by Gasteiger charge is 2.29. The normalized spacial score (nSPS) is 27.0. The molecule has 1 unspecified atom stereocenters. The topological polar surface area (TPSA) is 61.4 Å². The zero-order valence-electron chi connectivity index (χ0n) is 16.4. The van der Waals surface area contributed by atoms with Gasteiger partial charge < -0.3 is 15.7 Å². The molecule has 1 aliphatic carbocycles. The molecule has 1 aliphatic heterocycles. The van der Waals surface area contributed by atoms with Gasteiger partial charge in [-0.1, -0.05) is 52.5 Å². The number of fused-ring (bicyclic) bond motifs is 1. The molecule has 1 amide bonds. The largest absolute Gasteiger partial charge is 0.508 e. The van der Waals surface area contributed by atoms with E-state index in [0.717, 1.165) is 29.4 Å². The quantitative estimate of drug-likeness (QED) is 0.751. The lowest BCUT2D eigenvalue weighted by molar-refractivity contribution is -0.124. The zero-order chi connectivity index (χ0) is 18.7. The summed E-state index contributed by atoms with van der Waals surface area (Å²) in [4.78, 5) is 12.9. The number of carbonyl (C=O) groups excluding carboxylic acids is 1. The minimum atomic E-state index is -0.181. The van der Waals surface area contributed by atoms with Gasteiger partial charge in [0.05, 0.1) is 6.04 Å². The van der Waals surface area contributed by atoms with E-state index < -0.39 is 0 Å². The third-order valence-electron chi connectivity index (χ3n) is 6.32. The minimum Gasteiger partial charge on any atom is -0.508 e. The Kier molecular flexibility index (Phi) is 6.23. The zero-order valence-corrected chi connectivity index (χ0v) is 16.4. The molecular formula is C22H34N2O2. The highest BCUT2D eigenvalue weighted by Crippen LogP contribution is 2.32. The molecule has 1 saturated carbocycles. The molecule has 0 radical (unpaired) electrons. The summed E-state index contributed by atoms with van der Waals surface area (Å²) < 4.78 is 0. The van der Waals surface area contributed by atoms with Crippen LogP contribution in [0.4, 0.5) is 0 Å². The Balaban J connectivity index is 1.57. The van der Waals surface area contributed by atoms with Crippen LogP contribution in [-0.4, -0.2) is 23.1 Å². The summed E-state index contributed by atoms with van der Waals surface area (Å²) in [7, 11) is 0. The molecular weight excluding hydrogens is 324 g/mol. The van der Waals surface area contributed by atoms with Crippen molar-refractivity contribution < 1.29 is 9.90 Å². The number of phenolic OH excluding ortho intramolecular Hbond substituents is 1. The average Bonchev–Trinajstić information content (AvgIpc) is 2.62. The van der Waals surface area contributed by atoms with Crippen LogP contribution in [0.15, 0.2) is 18.2 Å². The Morgan fingerprint density at radius 3 is 2.65 bits per heavy atom. The Morgan fingerprint density at radius 2 is 1.96 bits per heavy atom. The van der Waals surface area contributed by atoms with Crippen molar-refractivity contribution in [2.75, 3.05) is 0 Å². The summed E-state index contributed by atoms with van der Waals surface area (Å²) in [6, 6.07) is 5.51. The van der Waals surface area contributed by atoms with E-state index in [-0.39, 0.29) is 23.7 Å². The molecule has 1 aromatic rings. The van der Waals surface area contributed by atoms with Crippen LogP contribution in [0, 0.1) is 17.8 Å². The average molecular weight is 359 g/mol. The van der Waals surface area contributed by atoms with Crippen LogP contribution in [0.5, 0.6) is 5.75 Å². The number of nitrogens with one attached hydrogen (secondary N) is 2. The molecule has 0 aromatic heterocycles. The van der Waals surface area contributed by atoms with Gasteiger partial charge in [0.25, 0.3) is 0 Å². The molecule has 2 atom stereocenters. The fraction of sp³-hybridized carbons (Fsp3) is 0.682. The maximum absolute atomic E-state index is 12.9. The van der Waals surface area contributed by atoms with E-state index in [1.54, 1.807) is 12.1 Å². The van der Waals surface area contributed by atoms with E-state index >= 15 is 0 Å². The van der Waals surface area contributed by atoms with Crippen molar-refractivity contribution >= 4 is 5.91 Å². The van der Waals surface area contributed by atoms with Gasteiger partial charge >= 0.3 is 0 Å². The Morgan fingerprint density at radius 1 is 1.23 bits per heavy atom. The molecule has 26 heavy (non-hydrogen) atoms. The molecule has 4 heteroatoms. The molecule has 3 N–H and O–H groups in total. The molecule has 2 aliphatic rings. The summed E-state index contributed by atoms with van der Waals surface area (Å²) >= 11 is 0. The van der Waals surface area contributed by atoms with E-state index in [2.05, 4.69) is 31.4 Å². The smallest absolute Gasteiger partial charge is 0.237 e. The predicted molar refractivity (Wildman–Crippen MR) is 105 cm³/mol. The van der Waals surface area contributed by atoms with Crippen LogP contribution in [0.2, 0.25) is 0 Å². The van der Waals surface area contributed by atoms with Crippen molar-refractivity contribution in [3.8, 4) is 5.75 Å². The van der Waals surface area contributed by atoms with Gasteiger partial charge in [-0.2, -0.15) is 0 Å². The lowest BCUT2D eigenvalue weighted by atomic mass is 9.78. The molecule has 0 bridgehead atoms.